The van der Waals surface area contributed by atoms with E-state index < -0.39 is 0 Å². The minimum Gasteiger partial charge on any atom is -0.288 e. The fourth-order valence-electron chi connectivity index (χ4n) is 3.10. The van der Waals surface area contributed by atoms with Gasteiger partial charge in [0.25, 0.3) is 0 Å². The lowest BCUT2D eigenvalue weighted by atomic mass is 9.90. The summed E-state index contributed by atoms with van der Waals surface area (Å²) in [4.78, 5) is 12.6. The zero-order valence-electron chi connectivity index (χ0n) is 14.8. The van der Waals surface area contributed by atoms with E-state index >= 15 is 0 Å². The van der Waals surface area contributed by atoms with Gasteiger partial charge in [-0.25, -0.2) is 5.01 Å². The Morgan fingerprint density at radius 3 is 2.43 bits per heavy atom. The van der Waals surface area contributed by atoms with Crippen LogP contribution in [0.1, 0.15) is 57.6 Å². The Morgan fingerprint density at radius 1 is 1.22 bits per heavy atom. The Kier molecular flexibility index (Phi) is 8.07. The van der Waals surface area contributed by atoms with Crippen LogP contribution < -0.4 is 5.43 Å². The van der Waals surface area contributed by atoms with Crippen molar-refractivity contribution in [3.05, 3.63) is 35.4 Å². The molecule has 1 amide bonds. The summed E-state index contributed by atoms with van der Waals surface area (Å²) in [5.41, 5.74) is 5.58. The first-order valence-corrected chi connectivity index (χ1v) is 8.60. The van der Waals surface area contributed by atoms with Crippen molar-refractivity contribution >= 4 is 18.3 Å². The summed E-state index contributed by atoms with van der Waals surface area (Å²) in [6.45, 7) is 10.7. The van der Waals surface area contributed by atoms with Crippen molar-refractivity contribution in [3.63, 3.8) is 0 Å². The van der Waals surface area contributed by atoms with Crippen LogP contribution in [0.25, 0.3) is 0 Å². The number of rotatable bonds is 5. The topological polar surface area (TPSA) is 32.3 Å². The van der Waals surface area contributed by atoms with E-state index in [1.54, 1.807) is 0 Å². The molecule has 23 heavy (non-hydrogen) atoms. The maximum Gasteiger partial charge on any atom is 0.241 e. The first kappa shape index (κ1) is 20.0. The van der Waals surface area contributed by atoms with Gasteiger partial charge in [0.05, 0.1) is 5.92 Å². The lowest BCUT2D eigenvalue weighted by Gasteiger charge is -2.31. The van der Waals surface area contributed by atoms with Gasteiger partial charge in [-0.3, -0.25) is 10.2 Å². The summed E-state index contributed by atoms with van der Waals surface area (Å²) in [5, 5.41) is 2.09. The molecule has 130 valence electrons. The normalized spacial score (nSPS) is 17.6. The lowest BCUT2D eigenvalue weighted by molar-refractivity contribution is -0.127. The quantitative estimate of drug-likeness (QED) is 0.873. The van der Waals surface area contributed by atoms with Gasteiger partial charge in [-0.05, 0) is 49.1 Å². The van der Waals surface area contributed by atoms with E-state index in [4.69, 9.17) is 0 Å². The van der Waals surface area contributed by atoms with E-state index in [-0.39, 0.29) is 24.2 Å². The van der Waals surface area contributed by atoms with Gasteiger partial charge < -0.3 is 0 Å². The van der Waals surface area contributed by atoms with Crippen LogP contribution in [0.3, 0.4) is 0 Å². The molecule has 0 saturated carbocycles. The van der Waals surface area contributed by atoms with E-state index in [0.717, 1.165) is 25.4 Å². The molecule has 2 rings (SSSR count). The molecule has 1 aliphatic heterocycles. The van der Waals surface area contributed by atoms with Crippen LogP contribution in [0, 0.1) is 11.8 Å². The van der Waals surface area contributed by atoms with E-state index in [2.05, 4.69) is 49.4 Å². The zero-order chi connectivity index (χ0) is 16.1. The van der Waals surface area contributed by atoms with Crippen LogP contribution in [0.5, 0.6) is 0 Å². The Balaban J connectivity index is 0.00000264. The molecule has 1 aliphatic rings. The molecule has 0 aliphatic carbocycles. The summed E-state index contributed by atoms with van der Waals surface area (Å²) >= 11 is 0. The monoisotopic (exact) mass is 338 g/mol. The average molecular weight is 339 g/mol. The SMILES string of the molecule is CC(C)Cc1ccccc1[C@@H](C)C(=O)NN1CCC(C)CC1.Cl. The fourth-order valence-corrected chi connectivity index (χ4v) is 3.10. The third kappa shape index (κ3) is 5.82. The van der Waals surface area contributed by atoms with Crippen molar-refractivity contribution in [1.29, 1.82) is 0 Å². The van der Waals surface area contributed by atoms with Crippen LogP contribution >= 0.6 is 12.4 Å². The van der Waals surface area contributed by atoms with E-state index in [0.29, 0.717) is 5.92 Å². The van der Waals surface area contributed by atoms with Gasteiger partial charge in [-0.15, -0.1) is 12.4 Å². The first-order chi connectivity index (χ1) is 10.5. The Bertz CT molecular complexity index is 496. The van der Waals surface area contributed by atoms with Crippen molar-refractivity contribution in [2.24, 2.45) is 11.8 Å². The second-order valence-electron chi connectivity index (χ2n) is 7.16. The molecule has 1 aromatic rings. The van der Waals surface area contributed by atoms with Gasteiger partial charge in [0.1, 0.15) is 0 Å². The maximum absolute atomic E-state index is 12.6. The molecule has 0 unspecified atom stereocenters. The van der Waals surface area contributed by atoms with Gasteiger partial charge >= 0.3 is 0 Å². The number of nitrogens with zero attached hydrogens (tertiary/aromatic N) is 1. The smallest absolute Gasteiger partial charge is 0.241 e. The molecule has 1 saturated heterocycles. The second kappa shape index (κ2) is 9.29. The predicted molar refractivity (Wildman–Crippen MR) is 98.8 cm³/mol. The molecule has 0 bridgehead atoms. The number of hydrogen-bond acceptors (Lipinski definition) is 2. The fraction of sp³-hybridized carbons (Fsp3) is 0.632. The van der Waals surface area contributed by atoms with Crippen molar-refractivity contribution in [3.8, 4) is 0 Å². The maximum atomic E-state index is 12.6. The predicted octanol–water partition coefficient (Wildman–Crippen LogP) is 4.17. The summed E-state index contributed by atoms with van der Waals surface area (Å²) in [6.07, 6.45) is 3.35. The summed E-state index contributed by atoms with van der Waals surface area (Å²) in [6, 6.07) is 8.35. The van der Waals surface area contributed by atoms with E-state index in [1.807, 2.05) is 13.0 Å². The largest absolute Gasteiger partial charge is 0.288 e. The van der Waals surface area contributed by atoms with Gasteiger partial charge in [-0.2, -0.15) is 0 Å². The molecule has 0 spiro atoms. The van der Waals surface area contributed by atoms with Gasteiger partial charge in [0.15, 0.2) is 0 Å². The van der Waals surface area contributed by atoms with Crippen molar-refractivity contribution in [2.75, 3.05) is 13.1 Å². The minimum absolute atomic E-state index is 0. The highest BCUT2D eigenvalue weighted by Crippen LogP contribution is 2.23. The molecule has 1 atom stereocenters. The number of carbonyl (C=O) groups is 1. The summed E-state index contributed by atoms with van der Waals surface area (Å²) in [5.74, 6) is 1.39. The molecule has 1 aromatic carbocycles. The van der Waals surface area contributed by atoms with Gasteiger partial charge in [-0.1, -0.05) is 45.0 Å². The third-order valence-corrected chi connectivity index (χ3v) is 4.59. The number of hydrazine groups is 1. The number of nitrogens with one attached hydrogen (secondary N) is 1. The average Bonchev–Trinajstić information content (AvgIpc) is 2.49. The Labute approximate surface area is 147 Å². The molecule has 1 fully saturated rings. The molecule has 1 N–H and O–H groups in total. The summed E-state index contributed by atoms with van der Waals surface area (Å²) < 4.78 is 0. The van der Waals surface area contributed by atoms with Gasteiger partial charge in [0.2, 0.25) is 5.91 Å². The highest BCUT2D eigenvalue weighted by Gasteiger charge is 2.22. The number of piperidine rings is 1. The number of benzene rings is 1. The van der Waals surface area contributed by atoms with Crippen LogP contribution in [-0.4, -0.2) is 24.0 Å². The van der Waals surface area contributed by atoms with Crippen LogP contribution in [0.2, 0.25) is 0 Å². The minimum atomic E-state index is -0.103. The molecule has 4 heteroatoms. The summed E-state index contributed by atoms with van der Waals surface area (Å²) in [7, 11) is 0. The van der Waals surface area contributed by atoms with E-state index in [9.17, 15) is 4.79 Å². The number of hydrogen-bond donors (Lipinski definition) is 1. The van der Waals surface area contributed by atoms with Crippen LogP contribution in [0.15, 0.2) is 24.3 Å². The Hall–Kier alpha value is -1.06. The lowest BCUT2D eigenvalue weighted by Crippen LogP contribution is -2.47. The van der Waals surface area contributed by atoms with Gasteiger partial charge in [0, 0.05) is 13.1 Å². The molecular weight excluding hydrogens is 308 g/mol. The number of amides is 1. The highest BCUT2D eigenvalue weighted by molar-refractivity contribution is 5.85. The zero-order valence-corrected chi connectivity index (χ0v) is 15.7. The molecule has 3 nitrogen and oxygen atoms in total. The van der Waals surface area contributed by atoms with Crippen LogP contribution in [0.4, 0.5) is 0 Å². The van der Waals surface area contributed by atoms with Crippen molar-refractivity contribution in [1.82, 2.24) is 10.4 Å². The van der Waals surface area contributed by atoms with E-state index in [1.165, 1.54) is 24.0 Å². The van der Waals surface area contributed by atoms with Crippen molar-refractivity contribution in [2.45, 2.75) is 52.9 Å². The number of halogens is 1. The molecule has 1 heterocycles. The highest BCUT2D eigenvalue weighted by atomic mass is 35.5. The van der Waals surface area contributed by atoms with Crippen LogP contribution in [-0.2, 0) is 11.2 Å². The standard InChI is InChI=1S/C19H30N2O.ClH/c1-14(2)13-17-7-5-6-8-18(17)16(4)19(22)20-21-11-9-15(3)10-12-21;/h5-8,14-16H,9-13H2,1-4H3,(H,20,22);1H/t16-;/m1./s1. The first-order valence-electron chi connectivity index (χ1n) is 8.60. The second-order valence-corrected chi connectivity index (χ2v) is 7.16. The third-order valence-electron chi connectivity index (χ3n) is 4.59. The number of carbonyl (C=O) groups excluding carboxylic acids is 1. The molecular formula is C19H31ClN2O. The molecule has 0 radical (unpaired) electrons. The molecule has 0 aromatic heterocycles. The van der Waals surface area contributed by atoms with Crippen molar-refractivity contribution < 1.29 is 4.79 Å². The Morgan fingerprint density at radius 2 is 1.83 bits per heavy atom.